The maximum atomic E-state index is 12.0. The second-order valence-corrected chi connectivity index (χ2v) is 10.2. The summed E-state index contributed by atoms with van der Waals surface area (Å²) in [7, 11) is -5.19. The smallest absolute Gasteiger partial charge is 0.215 e. The Morgan fingerprint density at radius 2 is 1.64 bits per heavy atom. The van der Waals surface area contributed by atoms with Crippen molar-refractivity contribution in [1.29, 1.82) is 0 Å². The van der Waals surface area contributed by atoms with Gasteiger partial charge in [0.15, 0.2) is 0 Å². The zero-order valence-electron chi connectivity index (χ0n) is 7.68. The Morgan fingerprint density at radius 3 is 1.86 bits per heavy atom. The van der Waals surface area contributed by atoms with Crippen LogP contribution >= 0.6 is 17.5 Å². The maximum absolute atomic E-state index is 12.0. The molecule has 2 nitrogen and oxygen atoms in total. The highest BCUT2D eigenvalue weighted by Crippen LogP contribution is 2.52. The van der Waals surface area contributed by atoms with Crippen LogP contribution in [0.2, 0.25) is 0 Å². The van der Waals surface area contributed by atoms with Crippen LogP contribution in [0.5, 0.6) is 0 Å². The van der Waals surface area contributed by atoms with Crippen LogP contribution in [0.1, 0.15) is 13.8 Å². The lowest BCUT2D eigenvalue weighted by Gasteiger charge is -2.14. The minimum Gasteiger partial charge on any atom is -0.215 e. The van der Waals surface area contributed by atoms with Gasteiger partial charge in [-0.1, -0.05) is 25.1 Å². The molecule has 0 saturated carbocycles. The Morgan fingerprint density at radius 1 is 1.29 bits per heavy atom. The average Bonchev–Trinajstić information content (AvgIpc) is 2.01. The van der Waals surface area contributed by atoms with Gasteiger partial charge in [-0.2, -0.15) is 13.2 Å². The minimum absolute atomic E-state index is 0.236. The van der Waals surface area contributed by atoms with E-state index in [4.69, 9.17) is 11.2 Å². The van der Waals surface area contributed by atoms with E-state index in [1.807, 2.05) is 0 Å². The van der Waals surface area contributed by atoms with Gasteiger partial charge in [0.2, 0.25) is 0 Å². The van der Waals surface area contributed by atoms with E-state index < -0.39 is 21.6 Å². The van der Waals surface area contributed by atoms with Crippen molar-refractivity contribution in [3.8, 4) is 0 Å². The first kappa shape index (κ1) is 14.3. The summed E-state index contributed by atoms with van der Waals surface area (Å²) in [5.41, 5.74) is -5.24. The zero-order valence-corrected chi connectivity index (χ0v) is 10.1. The number of alkyl halides is 3. The summed E-state index contributed by atoms with van der Waals surface area (Å²) in [6.07, 6.45) is -2.14. The summed E-state index contributed by atoms with van der Waals surface area (Å²) >= 11 is 5.78. The van der Waals surface area contributed by atoms with Gasteiger partial charge < -0.3 is 0 Å². The maximum Gasteiger partial charge on any atom is 0.501 e. The molecule has 0 aromatic heterocycles. The van der Waals surface area contributed by atoms with Crippen molar-refractivity contribution in [3.05, 3.63) is 0 Å². The quantitative estimate of drug-likeness (QED) is 0.739. The van der Waals surface area contributed by atoms with Gasteiger partial charge >= 0.3 is 5.51 Å². The lowest BCUT2D eigenvalue weighted by atomic mass is 11.0. The Labute approximate surface area is 86.1 Å². The first-order valence-electron chi connectivity index (χ1n) is 3.81. The summed E-state index contributed by atoms with van der Waals surface area (Å²) in [6, 6.07) is 0. The molecule has 8 heteroatoms. The Hall–Kier alpha value is 0.330. The predicted molar refractivity (Wildman–Crippen MR) is 54.9 cm³/mol. The molecular formula is C6H11ClF3O2PS. The predicted octanol–water partition coefficient (Wildman–Crippen LogP) is 2.89. The number of halogens is 4. The number of hydrogen-bond donors (Lipinski definition) is 0. The first-order chi connectivity index (χ1) is 6.08. The van der Waals surface area contributed by atoms with Crippen LogP contribution in [0, 0.1) is 0 Å². The third-order valence-electron chi connectivity index (χ3n) is 1.70. The normalized spacial score (nSPS) is 14.1. The Bertz CT molecular complexity index is 339. The topological polar surface area (TPSA) is 34.1 Å². The van der Waals surface area contributed by atoms with E-state index in [-0.39, 0.29) is 12.3 Å². The van der Waals surface area contributed by atoms with E-state index in [0.29, 0.717) is 5.13 Å². The molecule has 0 bridgehead atoms. The number of rotatable bonds is 3. The largest absolute Gasteiger partial charge is 0.501 e. The van der Waals surface area contributed by atoms with Crippen molar-refractivity contribution >= 4 is 32.4 Å². The highest BCUT2D eigenvalue weighted by molar-refractivity contribution is 8.19. The van der Waals surface area contributed by atoms with Crippen molar-refractivity contribution in [2.24, 2.45) is 0 Å². The van der Waals surface area contributed by atoms with Crippen molar-refractivity contribution < 1.29 is 21.6 Å². The SMILES string of the molecule is CCP(Cl)(=CS(=O)(=O)C(F)(F)F)CC. The van der Waals surface area contributed by atoms with Crippen molar-refractivity contribution in [2.45, 2.75) is 19.4 Å². The van der Waals surface area contributed by atoms with Crippen LogP contribution in [-0.2, 0) is 9.84 Å². The van der Waals surface area contributed by atoms with Crippen LogP contribution in [0.25, 0.3) is 0 Å². The van der Waals surface area contributed by atoms with Gasteiger partial charge in [0.25, 0.3) is 9.84 Å². The van der Waals surface area contributed by atoms with E-state index in [1.54, 1.807) is 13.8 Å². The van der Waals surface area contributed by atoms with Crippen LogP contribution < -0.4 is 0 Å². The van der Waals surface area contributed by atoms with Gasteiger partial charge in [-0.25, -0.2) is 8.42 Å². The second kappa shape index (κ2) is 4.45. The van der Waals surface area contributed by atoms with Crippen molar-refractivity contribution in [1.82, 2.24) is 0 Å². The van der Waals surface area contributed by atoms with E-state index >= 15 is 0 Å². The molecule has 0 aliphatic heterocycles. The van der Waals surface area contributed by atoms with Crippen LogP contribution in [0.3, 0.4) is 0 Å². The summed E-state index contributed by atoms with van der Waals surface area (Å²) < 4.78 is 57.4. The molecule has 14 heavy (non-hydrogen) atoms. The molecule has 0 aliphatic carbocycles. The monoisotopic (exact) mass is 270 g/mol. The van der Waals surface area contributed by atoms with Crippen LogP contribution in [0.15, 0.2) is 0 Å². The summed E-state index contributed by atoms with van der Waals surface area (Å²) in [6.45, 7) is 3.15. The van der Waals surface area contributed by atoms with E-state index in [0.717, 1.165) is 0 Å². The molecular weight excluding hydrogens is 260 g/mol. The summed E-state index contributed by atoms with van der Waals surface area (Å²) in [5.74, 6) is 0. The molecule has 0 rings (SSSR count). The Balaban J connectivity index is 5.39. The summed E-state index contributed by atoms with van der Waals surface area (Å²) in [4.78, 5) is 0. The molecule has 0 atom stereocenters. The van der Waals surface area contributed by atoms with Gasteiger partial charge in [-0.3, -0.25) is 0 Å². The molecule has 0 N–H and O–H groups in total. The highest BCUT2D eigenvalue weighted by Gasteiger charge is 2.45. The van der Waals surface area contributed by atoms with E-state index in [1.165, 1.54) is 0 Å². The lowest BCUT2D eigenvalue weighted by Crippen LogP contribution is -2.24. The van der Waals surface area contributed by atoms with Gasteiger partial charge in [-0.05, 0) is 18.6 Å². The molecule has 0 saturated heterocycles. The molecule has 0 fully saturated rings. The fraction of sp³-hybridized carbons (Fsp3) is 0.833. The highest BCUT2D eigenvalue weighted by atomic mass is 35.7. The molecule has 0 amide bonds. The first-order valence-corrected chi connectivity index (χ1v) is 8.49. The molecule has 0 aromatic carbocycles. The molecule has 0 heterocycles. The molecule has 0 aromatic rings. The third kappa shape index (κ3) is 3.48. The summed E-state index contributed by atoms with van der Waals surface area (Å²) in [5, 5.41) is 0.293. The average molecular weight is 271 g/mol. The van der Waals surface area contributed by atoms with Crippen molar-refractivity contribution in [2.75, 3.05) is 12.3 Å². The fourth-order valence-electron chi connectivity index (χ4n) is 0.681. The van der Waals surface area contributed by atoms with Gasteiger partial charge in [-0.15, -0.1) is 0 Å². The fourth-order valence-corrected chi connectivity index (χ4v) is 5.73. The van der Waals surface area contributed by atoms with Gasteiger partial charge in [0.1, 0.15) is 0 Å². The second-order valence-electron chi connectivity index (χ2n) is 2.65. The van der Waals surface area contributed by atoms with Gasteiger partial charge in [0.05, 0.1) is 5.13 Å². The van der Waals surface area contributed by atoms with Crippen LogP contribution in [0.4, 0.5) is 13.2 Å². The van der Waals surface area contributed by atoms with E-state index in [9.17, 15) is 21.6 Å². The molecule has 0 spiro atoms. The van der Waals surface area contributed by atoms with Crippen LogP contribution in [-0.4, -0.2) is 31.4 Å². The zero-order chi connectivity index (χ0) is 11.6. The third-order valence-corrected chi connectivity index (χ3v) is 9.22. The molecule has 0 aliphatic rings. The van der Waals surface area contributed by atoms with Crippen molar-refractivity contribution in [3.63, 3.8) is 0 Å². The minimum atomic E-state index is -5.24. The lowest BCUT2D eigenvalue weighted by molar-refractivity contribution is -0.0415. The van der Waals surface area contributed by atoms with E-state index in [2.05, 4.69) is 0 Å². The molecule has 0 unspecified atom stereocenters. The van der Waals surface area contributed by atoms with Gasteiger partial charge in [0, 0.05) is 0 Å². The number of sulfone groups is 1. The Kier molecular flexibility index (Phi) is 4.56. The standard InChI is InChI=1S/C6H11ClF3O2PS/c1-3-13(7,4-2)5-14(11,12)6(8,9)10/h5H,3-4H2,1-2H3. The molecule has 0 radical (unpaired) electrons. The molecule has 86 valence electrons. The number of hydrogen-bond acceptors (Lipinski definition) is 2.